The minimum absolute atomic E-state index is 0. The monoisotopic (exact) mass is 552 g/mol. The Kier molecular flexibility index (Phi) is 12.3. The number of ether oxygens (including phenoxy) is 1. The van der Waals surface area contributed by atoms with Crippen LogP contribution in [0.5, 0.6) is 5.75 Å². The fraction of sp³-hybridized carbons (Fsp3) is 0.480. The summed E-state index contributed by atoms with van der Waals surface area (Å²) in [4.78, 5) is 7.12. The SMILES string of the molecule is CCNC(=NCc1ccc(N2CCC(CO)CC2)cc1)NCCCOc1ccccc1.I. The van der Waals surface area contributed by atoms with Gasteiger partial charge in [0.15, 0.2) is 5.96 Å². The van der Waals surface area contributed by atoms with E-state index in [-0.39, 0.29) is 24.0 Å². The van der Waals surface area contributed by atoms with E-state index in [0.29, 0.717) is 25.7 Å². The second kappa shape index (κ2) is 14.9. The van der Waals surface area contributed by atoms with Crippen LogP contribution >= 0.6 is 24.0 Å². The lowest BCUT2D eigenvalue weighted by Gasteiger charge is -2.32. The zero-order chi connectivity index (χ0) is 21.7. The maximum absolute atomic E-state index is 9.31. The highest BCUT2D eigenvalue weighted by Crippen LogP contribution is 2.23. The summed E-state index contributed by atoms with van der Waals surface area (Å²) in [7, 11) is 0. The Morgan fingerprint density at radius 1 is 1.06 bits per heavy atom. The van der Waals surface area contributed by atoms with E-state index >= 15 is 0 Å². The summed E-state index contributed by atoms with van der Waals surface area (Å²) in [6, 6.07) is 18.6. The minimum atomic E-state index is 0. The summed E-state index contributed by atoms with van der Waals surface area (Å²) >= 11 is 0. The van der Waals surface area contributed by atoms with Crippen LogP contribution in [0.1, 0.15) is 31.7 Å². The first-order valence-corrected chi connectivity index (χ1v) is 11.4. The van der Waals surface area contributed by atoms with E-state index in [1.807, 2.05) is 30.3 Å². The largest absolute Gasteiger partial charge is 0.494 e. The predicted octanol–water partition coefficient (Wildman–Crippen LogP) is 4.04. The van der Waals surface area contributed by atoms with E-state index in [9.17, 15) is 5.11 Å². The third-order valence-corrected chi connectivity index (χ3v) is 5.56. The molecule has 1 saturated heterocycles. The molecule has 0 unspecified atom stereocenters. The van der Waals surface area contributed by atoms with Crippen LogP contribution in [-0.2, 0) is 6.54 Å². The number of hydrogen-bond acceptors (Lipinski definition) is 4. The Morgan fingerprint density at radius 2 is 1.78 bits per heavy atom. The quantitative estimate of drug-likeness (QED) is 0.180. The molecule has 2 aromatic rings. The van der Waals surface area contributed by atoms with Gasteiger partial charge in [-0.3, -0.25) is 0 Å². The van der Waals surface area contributed by atoms with Crippen LogP contribution in [0, 0.1) is 5.92 Å². The maximum Gasteiger partial charge on any atom is 0.191 e. The van der Waals surface area contributed by atoms with Crippen molar-refractivity contribution in [2.75, 3.05) is 44.3 Å². The maximum atomic E-state index is 9.31. The van der Waals surface area contributed by atoms with Crippen LogP contribution in [0.2, 0.25) is 0 Å². The molecule has 0 radical (unpaired) electrons. The number of aliphatic hydroxyl groups excluding tert-OH is 1. The second-order valence-electron chi connectivity index (χ2n) is 7.92. The molecule has 0 bridgehead atoms. The lowest BCUT2D eigenvalue weighted by atomic mass is 9.97. The number of piperidine rings is 1. The van der Waals surface area contributed by atoms with Gasteiger partial charge in [0.25, 0.3) is 0 Å². The Bertz CT molecular complexity index is 778. The van der Waals surface area contributed by atoms with Crippen LogP contribution in [0.15, 0.2) is 59.6 Å². The standard InChI is InChI=1S/C25H36N4O2.HI/c1-2-26-25(27-15-6-18-31-24-7-4-3-5-8-24)28-19-21-9-11-23(12-10-21)29-16-13-22(20-30)14-17-29;/h3-5,7-12,22,30H,2,6,13-20H2,1H3,(H2,26,27,28);1H. The highest BCUT2D eigenvalue weighted by molar-refractivity contribution is 14.0. The number of guanidine groups is 1. The van der Waals surface area contributed by atoms with Crippen molar-refractivity contribution in [1.82, 2.24) is 10.6 Å². The number of nitrogens with one attached hydrogen (secondary N) is 2. The van der Waals surface area contributed by atoms with Crippen molar-refractivity contribution in [3.05, 3.63) is 60.2 Å². The Hall–Kier alpha value is -2.00. The summed E-state index contributed by atoms with van der Waals surface area (Å²) in [5.41, 5.74) is 2.45. The van der Waals surface area contributed by atoms with Crippen LogP contribution in [0.25, 0.3) is 0 Å². The number of aliphatic hydroxyl groups is 1. The molecule has 0 spiro atoms. The summed E-state index contributed by atoms with van der Waals surface area (Å²) in [6.45, 7) is 7.38. The average Bonchev–Trinajstić information content (AvgIpc) is 2.83. The summed E-state index contributed by atoms with van der Waals surface area (Å²) < 4.78 is 5.73. The van der Waals surface area contributed by atoms with Gasteiger partial charge in [-0.1, -0.05) is 30.3 Å². The lowest BCUT2D eigenvalue weighted by molar-refractivity contribution is 0.203. The average molecular weight is 553 g/mol. The van der Waals surface area contributed by atoms with Crippen LogP contribution < -0.4 is 20.3 Å². The normalized spacial score (nSPS) is 14.6. The molecule has 1 fully saturated rings. The number of benzene rings is 2. The van der Waals surface area contributed by atoms with Crippen molar-refractivity contribution in [1.29, 1.82) is 0 Å². The van der Waals surface area contributed by atoms with Gasteiger partial charge in [-0.15, -0.1) is 24.0 Å². The fourth-order valence-electron chi connectivity index (χ4n) is 3.68. The van der Waals surface area contributed by atoms with Crippen LogP contribution in [-0.4, -0.2) is 50.5 Å². The molecule has 3 N–H and O–H groups in total. The molecule has 0 amide bonds. The number of nitrogens with zero attached hydrogens (tertiary/aromatic N) is 2. The number of para-hydroxylation sites is 1. The Balaban J connectivity index is 0.00000363. The fourth-order valence-corrected chi connectivity index (χ4v) is 3.68. The molecule has 6 nitrogen and oxygen atoms in total. The molecule has 7 heteroatoms. The molecular weight excluding hydrogens is 515 g/mol. The topological polar surface area (TPSA) is 69.1 Å². The number of halogens is 1. The molecule has 1 aliphatic rings. The van der Waals surface area contributed by atoms with Gasteiger partial charge in [0.05, 0.1) is 13.2 Å². The molecular formula is C25H37IN4O2. The summed E-state index contributed by atoms with van der Waals surface area (Å²) in [5, 5.41) is 16.0. The number of anilines is 1. The van der Waals surface area contributed by atoms with Gasteiger partial charge in [0, 0.05) is 38.5 Å². The first-order chi connectivity index (χ1) is 15.3. The highest BCUT2D eigenvalue weighted by Gasteiger charge is 2.18. The van der Waals surface area contributed by atoms with Gasteiger partial charge in [-0.25, -0.2) is 4.99 Å². The smallest absolute Gasteiger partial charge is 0.191 e. The second-order valence-corrected chi connectivity index (χ2v) is 7.92. The predicted molar refractivity (Wildman–Crippen MR) is 143 cm³/mol. The van der Waals surface area contributed by atoms with Gasteiger partial charge in [0.2, 0.25) is 0 Å². The van der Waals surface area contributed by atoms with Crippen molar-refractivity contribution in [3.8, 4) is 5.75 Å². The van der Waals surface area contributed by atoms with Crippen molar-refractivity contribution >= 4 is 35.6 Å². The van der Waals surface area contributed by atoms with Crippen molar-refractivity contribution in [2.45, 2.75) is 32.7 Å². The number of hydrogen-bond donors (Lipinski definition) is 3. The summed E-state index contributed by atoms with van der Waals surface area (Å²) in [5.74, 6) is 2.20. The van der Waals surface area contributed by atoms with Crippen LogP contribution in [0.3, 0.4) is 0 Å². The van der Waals surface area contributed by atoms with E-state index in [1.54, 1.807) is 0 Å². The molecule has 1 aliphatic heterocycles. The number of rotatable bonds is 10. The molecule has 0 atom stereocenters. The molecule has 176 valence electrons. The Labute approximate surface area is 209 Å². The molecule has 0 saturated carbocycles. The third kappa shape index (κ3) is 8.86. The van der Waals surface area contributed by atoms with Crippen molar-refractivity contribution < 1.29 is 9.84 Å². The van der Waals surface area contributed by atoms with Gasteiger partial charge in [-0.2, -0.15) is 0 Å². The van der Waals surface area contributed by atoms with Gasteiger partial charge >= 0.3 is 0 Å². The lowest BCUT2D eigenvalue weighted by Crippen LogP contribution is -2.38. The van der Waals surface area contributed by atoms with E-state index in [0.717, 1.165) is 57.2 Å². The van der Waals surface area contributed by atoms with E-state index < -0.39 is 0 Å². The molecule has 2 aromatic carbocycles. The van der Waals surface area contributed by atoms with Crippen LogP contribution in [0.4, 0.5) is 5.69 Å². The molecule has 1 heterocycles. The molecule has 0 aromatic heterocycles. The van der Waals surface area contributed by atoms with E-state index in [2.05, 4.69) is 46.7 Å². The van der Waals surface area contributed by atoms with Crippen molar-refractivity contribution in [3.63, 3.8) is 0 Å². The first kappa shape index (κ1) is 26.3. The summed E-state index contributed by atoms with van der Waals surface area (Å²) in [6.07, 6.45) is 3.04. The third-order valence-electron chi connectivity index (χ3n) is 5.56. The highest BCUT2D eigenvalue weighted by atomic mass is 127. The minimum Gasteiger partial charge on any atom is -0.494 e. The van der Waals surface area contributed by atoms with E-state index in [1.165, 1.54) is 11.3 Å². The first-order valence-electron chi connectivity index (χ1n) is 11.4. The van der Waals surface area contributed by atoms with E-state index in [4.69, 9.17) is 9.73 Å². The Morgan fingerprint density at radius 3 is 2.44 bits per heavy atom. The molecule has 0 aliphatic carbocycles. The molecule has 32 heavy (non-hydrogen) atoms. The van der Waals surface area contributed by atoms with Gasteiger partial charge in [0.1, 0.15) is 5.75 Å². The van der Waals surface area contributed by atoms with Gasteiger partial charge in [-0.05, 0) is 61.9 Å². The van der Waals surface area contributed by atoms with Crippen molar-refractivity contribution in [2.24, 2.45) is 10.9 Å². The zero-order valence-electron chi connectivity index (χ0n) is 19.0. The number of aliphatic imine (C=N–C) groups is 1. The van der Waals surface area contributed by atoms with Gasteiger partial charge < -0.3 is 25.4 Å². The molecule has 3 rings (SSSR count). The zero-order valence-corrected chi connectivity index (χ0v) is 21.3.